The van der Waals surface area contributed by atoms with E-state index in [1.54, 1.807) is 18.2 Å². The molecule has 2 N–H and O–H groups in total. The molecule has 1 saturated heterocycles. The molecule has 0 aliphatic carbocycles. The van der Waals surface area contributed by atoms with Gasteiger partial charge in [0.15, 0.2) is 0 Å². The zero-order chi connectivity index (χ0) is 25.2. The summed E-state index contributed by atoms with van der Waals surface area (Å²) in [5, 5.41) is 14.5. The normalized spacial score (nSPS) is 17.1. The number of anilines is 1. The highest BCUT2D eigenvalue weighted by Crippen LogP contribution is 2.33. The first-order valence-corrected chi connectivity index (χ1v) is 12.0. The van der Waals surface area contributed by atoms with Crippen molar-refractivity contribution in [3.63, 3.8) is 0 Å². The van der Waals surface area contributed by atoms with E-state index in [0.717, 1.165) is 5.56 Å². The van der Waals surface area contributed by atoms with E-state index in [0.29, 0.717) is 48.9 Å². The third-order valence-corrected chi connectivity index (χ3v) is 7.13. The molecule has 4 rings (SSSR count). The molecule has 0 saturated carbocycles. The summed E-state index contributed by atoms with van der Waals surface area (Å²) in [7, 11) is 0. The summed E-state index contributed by atoms with van der Waals surface area (Å²) < 4.78 is 1.47. The zero-order valence-corrected chi connectivity index (χ0v) is 20.4. The van der Waals surface area contributed by atoms with Crippen LogP contribution in [0.4, 0.5) is 5.69 Å². The van der Waals surface area contributed by atoms with E-state index in [2.05, 4.69) is 10.3 Å². The lowest BCUT2D eigenvalue weighted by Gasteiger charge is -2.42. The quantitative estimate of drug-likeness (QED) is 0.567. The molecule has 2 amide bonds. The van der Waals surface area contributed by atoms with Gasteiger partial charge in [0, 0.05) is 32.1 Å². The fraction of sp³-hybridized carbons (Fsp3) is 0.407. The third kappa shape index (κ3) is 5.27. The highest BCUT2D eigenvalue weighted by Gasteiger charge is 2.40. The van der Waals surface area contributed by atoms with Gasteiger partial charge >= 0.3 is 0 Å². The van der Waals surface area contributed by atoms with Crippen molar-refractivity contribution in [2.24, 2.45) is 0 Å². The number of piperidine rings is 1. The van der Waals surface area contributed by atoms with Crippen molar-refractivity contribution >= 4 is 28.4 Å². The summed E-state index contributed by atoms with van der Waals surface area (Å²) in [5.74, 6) is 0.000279. The van der Waals surface area contributed by atoms with Crippen molar-refractivity contribution in [2.45, 2.75) is 57.6 Å². The van der Waals surface area contributed by atoms with Crippen LogP contribution in [-0.4, -0.2) is 50.1 Å². The maximum atomic E-state index is 13.2. The molecule has 1 aliphatic rings. The Bertz CT molecular complexity index is 1280. The Labute approximate surface area is 204 Å². The summed E-state index contributed by atoms with van der Waals surface area (Å²) in [6, 6.07) is 14.4. The van der Waals surface area contributed by atoms with E-state index >= 15 is 0 Å². The summed E-state index contributed by atoms with van der Waals surface area (Å²) in [4.78, 5) is 43.6. The molecule has 2 atom stereocenters. The second kappa shape index (κ2) is 10.00. The Morgan fingerprint density at radius 1 is 1.11 bits per heavy atom. The van der Waals surface area contributed by atoms with Gasteiger partial charge in [-0.05, 0) is 49.4 Å². The molecule has 8 heteroatoms. The van der Waals surface area contributed by atoms with Crippen molar-refractivity contribution in [3.05, 3.63) is 70.8 Å². The van der Waals surface area contributed by atoms with Gasteiger partial charge in [-0.1, -0.05) is 37.3 Å². The van der Waals surface area contributed by atoms with Gasteiger partial charge in [0.1, 0.15) is 0 Å². The van der Waals surface area contributed by atoms with Gasteiger partial charge in [-0.15, -0.1) is 0 Å². The van der Waals surface area contributed by atoms with Crippen LogP contribution in [0.3, 0.4) is 0 Å². The summed E-state index contributed by atoms with van der Waals surface area (Å²) in [6.07, 6.45) is 2.63. The van der Waals surface area contributed by atoms with E-state index in [4.69, 9.17) is 0 Å². The lowest BCUT2D eigenvalue weighted by atomic mass is 9.84. The number of amides is 2. The lowest BCUT2D eigenvalue weighted by molar-refractivity contribution is -0.137. The van der Waals surface area contributed by atoms with Gasteiger partial charge in [-0.3, -0.25) is 19.0 Å². The van der Waals surface area contributed by atoms with Gasteiger partial charge in [0.05, 0.1) is 28.9 Å². The predicted octanol–water partition coefficient (Wildman–Crippen LogP) is 3.46. The Morgan fingerprint density at radius 2 is 1.80 bits per heavy atom. The number of nitrogens with one attached hydrogen (secondary N) is 1. The van der Waals surface area contributed by atoms with Crippen LogP contribution in [0.5, 0.6) is 0 Å². The van der Waals surface area contributed by atoms with Crippen LogP contribution >= 0.6 is 0 Å². The van der Waals surface area contributed by atoms with Crippen molar-refractivity contribution in [1.82, 2.24) is 14.5 Å². The molecular weight excluding hydrogens is 444 g/mol. The lowest BCUT2D eigenvalue weighted by Crippen LogP contribution is -2.51. The van der Waals surface area contributed by atoms with Gasteiger partial charge in [0.2, 0.25) is 11.8 Å². The van der Waals surface area contributed by atoms with Gasteiger partial charge in [0.25, 0.3) is 5.56 Å². The Morgan fingerprint density at radius 3 is 2.46 bits per heavy atom. The van der Waals surface area contributed by atoms with Crippen LogP contribution in [0.25, 0.3) is 10.9 Å². The van der Waals surface area contributed by atoms with Crippen LogP contribution in [0, 0.1) is 0 Å². The van der Waals surface area contributed by atoms with Crippen LogP contribution < -0.4 is 10.9 Å². The molecule has 2 heterocycles. The highest BCUT2D eigenvalue weighted by atomic mass is 16.3. The molecular formula is C27H32N4O4. The Hall–Kier alpha value is -3.52. The van der Waals surface area contributed by atoms with Crippen LogP contribution in [-0.2, 0) is 9.59 Å². The molecule has 0 bridgehead atoms. The first-order chi connectivity index (χ1) is 16.7. The third-order valence-electron chi connectivity index (χ3n) is 7.13. The molecule has 1 fully saturated rings. The fourth-order valence-corrected chi connectivity index (χ4v) is 4.80. The topological polar surface area (TPSA) is 105 Å². The summed E-state index contributed by atoms with van der Waals surface area (Å²) >= 11 is 0. The number of carbonyl (C=O) groups is 2. The van der Waals surface area contributed by atoms with Gasteiger partial charge in [-0.2, -0.15) is 0 Å². The second-order valence-corrected chi connectivity index (χ2v) is 9.55. The minimum atomic E-state index is -1.13. The number of rotatable bonds is 6. The SMILES string of the molecule is CC(=O)Nc1ccc2c(=O)n(C(C)C3(O)CCN(C(=O)CC(C)c4ccccc4)CC3)cnc2c1. The zero-order valence-electron chi connectivity index (χ0n) is 20.4. The standard InChI is InChI=1S/C27H32N4O4/c1-18(21-7-5-4-6-8-21)15-25(33)30-13-11-27(35,12-14-30)19(2)31-17-28-24-16-22(29-20(3)32)9-10-23(24)26(31)34/h4-10,16-19,35H,11-15H2,1-3H3,(H,29,32). The number of fused-ring (bicyclic) bond motifs is 1. The molecule has 0 radical (unpaired) electrons. The monoisotopic (exact) mass is 476 g/mol. The van der Waals surface area contributed by atoms with Crippen molar-refractivity contribution < 1.29 is 14.7 Å². The predicted molar refractivity (Wildman–Crippen MR) is 135 cm³/mol. The molecule has 8 nitrogen and oxygen atoms in total. The second-order valence-electron chi connectivity index (χ2n) is 9.55. The smallest absolute Gasteiger partial charge is 0.261 e. The average molecular weight is 477 g/mol. The first kappa shape index (κ1) is 24.6. The molecule has 0 spiro atoms. The fourth-order valence-electron chi connectivity index (χ4n) is 4.80. The van der Waals surface area contributed by atoms with E-state index in [9.17, 15) is 19.5 Å². The van der Waals surface area contributed by atoms with E-state index in [1.807, 2.05) is 49.1 Å². The molecule has 1 aromatic heterocycles. The van der Waals surface area contributed by atoms with Crippen molar-refractivity contribution in [2.75, 3.05) is 18.4 Å². The van der Waals surface area contributed by atoms with Crippen molar-refractivity contribution in [1.29, 1.82) is 0 Å². The molecule has 2 unspecified atom stereocenters. The molecule has 1 aliphatic heterocycles. The number of aliphatic hydroxyl groups is 1. The minimum absolute atomic E-state index is 0.0792. The first-order valence-electron chi connectivity index (χ1n) is 12.0. The van der Waals surface area contributed by atoms with E-state index < -0.39 is 11.6 Å². The number of benzene rings is 2. The number of likely N-dealkylation sites (tertiary alicyclic amines) is 1. The van der Waals surface area contributed by atoms with E-state index in [-0.39, 0.29) is 23.3 Å². The average Bonchev–Trinajstić information content (AvgIpc) is 2.84. The maximum Gasteiger partial charge on any atom is 0.261 e. The van der Waals surface area contributed by atoms with E-state index in [1.165, 1.54) is 17.8 Å². The van der Waals surface area contributed by atoms with Crippen molar-refractivity contribution in [3.8, 4) is 0 Å². The molecule has 2 aromatic carbocycles. The minimum Gasteiger partial charge on any atom is -0.388 e. The summed E-state index contributed by atoms with van der Waals surface area (Å²) in [6.45, 7) is 6.16. The van der Waals surface area contributed by atoms with Gasteiger partial charge in [-0.25, -0.2) is 4.98 Å². The summed E-state index contributed by atoms with van der Waals surface area (Å²) in [5.41, 5.74) is 0.803. The number of carbonyl (C=O) groups excluding carboxylic acids is 2. The van der Waals surface area contributed by atoms with Crippen LogP contribution in [0.1, 0.15) is 57.6 Å². The maximum absolute atomic E-state index is 13.2. The largest absolute Gasteiger partial charge is 0.388 e. The Balaban J connectivity index is 1.44. The molecule has 35 heavy (non-hydrogen) atoms. The number of hydrogen-bond donors (Lipinski definition) is 2. The van der Waals surface area contributed by atoms with Crippen LogP contribution in [0.2, 0.25) is 0 Å². The molecule has 3 aromatic rings. The number of nitrogens with zero attached hydrogens (tertiary/aromatic N) is 3. The van der Waals surface area contributed by atoms with Crippen LogP contribution in [0.15, 0.2) is 59.7 Å². The van der Waals surface area contributed by atoms with Gasteiger partial charge < -0.3 is 15.3 Å². The molecule has 184 valence electrons. The Kier molecular flexibility index (Phi) is 7.03. The number of hydrogen-bond acceptors (Lipinski definition) is 5. The highest BCUT2D eigenvalue weighted by molar-refractivity contribution is 5.91. The number of aromatic nitrogens is 2.